The van der Waals surface area contributed by atoms with E-state index in [0.29, 0.717) is 18.7 Å². The van der Waals surface area contributed by atoms with Gasteiger partial charge in [-0.25, -0.2) is 4.79 Å². The first-order valence-electron chi connectivity index (χ1n) is 12.7. The highest BCUT2D eigenvalue weighted by Crippen LogP contribution is 2.22. The molecule has 37 heavy (non-hydrogen) atoms. The third-order valence-corrected chi connectivity index (χ3v) is 6.93. The lowest BCUT2D eigenvalue weighted by Crippen LogP contribution is -2.55. The van der Waals surface area contributed by atoms with Gasteiger partial charge in [0.1, 0.15) is 11.5 Å². The van der Waals surface area contributed by atoms with E-state index in [-0.39, 0.29) is 5.91 Å². The first kappa shape index (κ1) is 26.4. The van der Waals surface area contributed by atoms with Crippen LogP contribution in [0.25, 0.3) is 0 Å². The highest BCUT2D eigenvalue weighted by Gasteiger charge is 2.35. The Morgan fingerprint density at radius 1 is 0.865 bits per heavy atom. The monoisotopic (exact) mass is 501 g/mol. The number of ether oxygens (including phenoxy) is 1. The van der Waals surface area contributed by atoms with Crippen LogP contribution in [0, 0.1) is 0 Å². The number of para-hydroxylation sites is 1. The molecule has 1 saturated heterocycles. The minimum Gasteiger partial charge on any atom is -0.478 e. The van der Waals surface area contributed by atoms with Gasteiger partial charge in [0, 0.05) is 32.7 Å². The number of carbonyl (C=O) groups excluding carboxylic acids is 1. The maximum Gasteiger partial charge on any atom is 0.336 e. The van der Waals surface area contributed by atoms with Crippen LogP contribution in [-0.4, -0.2) is 58.5 Å². The van der Waals surface area contributed by atoms with Crippen LogP contribution in [-0.2, 0) is 17.9 Å². The molecule has 4 rings (SSSR count). The van der Waals surface area contributed by atoms with Crippen molar-refractivity contribution in [2.45, 2.75) is 38.9 Å². The number of aromatic carboxylic acids is 1. The Labute approximate surface area is 218 Å². The summed E-state index contributed by atoms with van der Waals surface area (Å²) in [4.78, 5) is 29.3. The van der Waals surface area contributed by atoms with Crippen molar-refractivity contribution in [1.82, 2.24) is 15.1 Å². The van der Waals surface area contributed by atoms with E-state index in [2.05, 4.69) is 15.1 Å². The van der Waals surface area contributed by atoms with Crippen molar-refractivity contribution in [3.8, 4) is 11.5 Å². The summed E-state index contributed by atoms with van der Waals surface area (Å²) in [6.45, 7) is 8.15. The molecule has 7 nitrogen and oxygen atoms in total. The van der Waals surface area contributed by atoms with E-state index < -0.39 is 11.5 Å². The average Bonchev–Trinajstić information content (AvgIpc) is 3.15. The Morgan fingerprint density at radius 2 is 1.54 bits per heavy atom. The van der Waals surface area contributed by atoms with E-state index in [9.17, 15) is 14.7 Å². The Hall–Kier alpha value is -3.68. The second-order valence-electron chi connectivity index (χ2n) is 9.88. The van der Waals surface area contributed by atoms with E-state index >= 15 is 0 Å². The van der Waals surface area contributed by atoms with Gasteiger partial charge in [0.25, 0.3) is 0 Å². The lowest BCUT2D eigenvalue weighted by molar-refractivity contribution is -0.131. The second-order valence-corrected chi connectivity index (χ2v) is 9.88. The number of carboxylic acid groups (broad SMARTS) is 1. The summed E-state index contributed by atoms with van der Waals surface area (Å²) in [6, 6.07) is 24.5. The maximum atomic E-state index is 13.2. The number of hydrogen-bond acceptors (Lipinski definition) is 5. The molecule has 7 heteroatoms. The topological polar surface area (TPSA) is 82.1 Å². The third-order valence-electron chi connectivity index (χ3n) is 6.93. The van der Waals surface area contributed by atoms with Crippen LogP contribution in [0.15, 0.2) is 78.9 Å². The predicted octanol–water partition coefficient (Wildman–Crippen LogP) is 4.78. The number of hydrogen-bond donors (Lipinski definition) is 2. The van der Waals surface area contributed by atoms with Crippen molar-refractivity contribution in [1.29, 1.82) is 0 Å². The van der Waals surface area contributed by atoms with E-state index in [1.807, 2.05) is 80.6 Å². The molecule has 0 aliphatic carbocycles. The van der Waals surface area contributed by atoms with Gasteiger partial charge in [0.2, 0.25) is 5.91 Å². The van der Waals surface area contributed by atoms with Gasteiger partial charge in [-0.15, -0.1) is 0 Å². The summed E-state index contributed by atoms with van der Waals surface area (Å²) in [6.07, 6.45) is 0.912. The molecule has 1 aliphatic rings. The molecule has 3 aromatic rings. The number of amides is 1. The van der Waals surface area contributed by atoms with Crippen molar-refractivity contribution < 1.29 is 19.4 Å². The van der Waals surface area contributed by atoms with Crippen LogP contribution in [0.1, 0.15) is 41.8 Å². The van der Waals surface area contributed by atoms with E-state index in [4.69, 9.17) is 4.74 Å². The smallest absolute Gasteiger partial charge is 0.336 e. The Kier molecular flexibility index (Phi) is 8.58. The number of carbonyl (C=O) groups is 2. The standard InChI is InChI=1S/C30H35N3O4/c1-30(2,29(36)31-21-23-13-15-26(16-14-23)37-25-10-4-3-5-11-25)33-18-8-17-32(19-20-33)22-24-9-6-7-12-27(24)28(34)35/h3-7,9-16H,8,17-22H2,1-2H3,(H,31,36)(H,34,35). The van der Waals surface area contributed by atoms with Crippen LogP contribution in [0.5, 0.6) is 11.5 Å². The molecule has 0 spiro atoms. The van der Waals surface area contributed by atoms with Crippen LogP contribution >= 0.6 is 0 Å². The molecular weight excluding hydrogens is 466 g/mol. The first-order chi connectivity index (χ1) is 17.8. The highest BCUT2D eigenvalue weighted by molar-refractivity contribution is 5.89. The molecule has 0 aromatic heterocycles. The Bertz CT molecular complexity index is 1190. The van der Waals surface area contributed by atoms with Crippen molar-refractivity contribution in [2.75, 3.05) is 26.2 Å². The molecule has 0 radical (unpaired) electrons. The summed E-state index contributed by atoms with van der Waals surface area (Å²) < 4.78 is 5.84. The summed E-state index contributed by atoms with van der Waals surface area (Å²) in [5, 5.41) is 12.6. The number of nitrogens with one attached hydrogen (secondary N) is 1. The van der Waals surface area contributed by atoms with Gasteiger partial charge in [-0.2, -0.15) is 0 Å². The molecule has 0 bridgehead atoms. The summed E-state index contributed by atoms with van der Waals surface area (Å²) >= 11 is 0. The van der Waals surface area contributed by atoms with Crippen molar-refractivity contribution >= 4 is 11.9 Å². The average molecular weight is 502 g/mol. The third kappa shape index (κ3) is 6.96. The van der Waals surface area contributed by atoms with Crippen molar-refractivity contribution in [2.24, 2.45) is 0 Å². The fourth-order valence-electron chi connectivity index (χ4n) is 4.64. The Morgan fingerprint density at radius 3 is 2.27 bits per heavy atom. The molecule has 0 saturated carbocycles. The molecule has 0 atom stereocenters. The fourth-order valence-corrected chi connectivity index (χ4v) is 4.64. The second kappa shape index (κ2) is 12.0. The largest absolute Gasteiger partial charge is 0.478 e. The highest BCUT2D eigenvalue weighted by atomic mass is 16.5. The quantitative estimate of drug-likeness (QED) is 0.439. The van der Waals surface area contributed by atoms with E-state index in [1.165, 1.54) is 0 Å². The number of rotatable bonds is 9. The lowest BCUT2D eigenvalue weighted by Gasteiger charge is -2.36. The molecule has 1 fully saturated rings. The van der Waals surface area contributed by atoms with Crippen molar-refractivity contribution in [3.05, 3.63) is 95.6 Å². The zero-order valence-electron chi connectivity index (χ0n) is 21.5. The molecule has 3 aromatic carbocycles. The first-order valence-corrected chi connectivity index (χ1v) is 12.7. The molecular formula is C30H35N3O4. The van der Waals surface area contributed by atoms with Gasteiger partial charge >= 0.3 is 5.97 Å². The van der Waals surface area contributed by atoms with Gasteiger partial charge in [0.05, 0.1) is 11.1 Å². The summed E-state index contributed by atoms with van der Waals surface area (Å²) in [7, 11) is 0. The number of benzene rings is 3. The molecule has 1 heterocycles. The SMILES string of the molecule is CC(C)(C(=O)NCc1ccc(Oc2ccccc2)cc1)N1CCCN(Cc2ccccc2C(=O)O)CC1. The zero-order valence-corrected chi connectivity index (χ0v) is 21.5. The molecule has 1 aliphatic heterocycles. The van der Waals surface area contributed by atoms with Gasteiger partial charge in [-0.1, -0.05) is 48.5 Å². The van der Waals surface area contributed by atoms with Crippen LogP contribution < -0.4 is 10.1 Å². The van der Waals surface area contributed by atoms with E-state index in [0.717, 1.165) is 55.2 Å². The molecule has 1 amide bonds. The van der Waals surface area contributed by atoms with Crippen LogP contribution in [0.3, 0.4) is 0 Å². The number of nitrogens with zero attached hydrogens (tertiary/aromatic N) is 2. The summed E-state index contributed by atoms with van der Waals surface area (Å²) in [5.74, 6) is 0.624. The minimum atomic E-state index is -0.900. The Balaban J connectivity index is 1.29. The van der Waals surface area contributed by atoms with Crippen molar-refractivity contribution in [3.63, 3.8) is 0 Å². The molecule has 0 unspecified atom stereocenters. The van der Waals surface area contributed by atoms with Gasteiger partial charge in [0.15, 0.2) is 0 Å². The summed E-state index contributed by atoms with van der Waals surface area (Å²) in [5.41, 5.74) is 1.51. The van der Waals surface area contributed by atoms with Gasteiger partial charge in [-0.05, 0) is 68.3 Å². The zero-order chi connectivity index (χ0) is 26.3. The maximum absolute atomic E-state index is 13.2. The predicted molar refractivity (Wildman–Crippen MR) is 144 cm³/mol. The van der Waals surface area contributed by atoms with Crippen LogP contribution in [0.4, 0.5) is 0 Å². The molecule has 2 N–H and O–H groups in total. The number of carboxylic acids is 1. The lowest BCUT2D eigenvalue weighted by atomic mass is 10.0. The minimum absolute atomic E-state index is 0.0122. The molecule has 194 valence electrons. The normalized spacial score (nSPS) is 15.1. The van der Waals surface area contributed by atoms with E-state index in [1.54, 1.807) is 12.1 Å². The van der Waals surface area contributed by atoms with Crippen LogP contribution in [0.2, 0.25) is 0 Å². The fraction of sp³-hybridized carbons (Fsp3) is 0.333. The van der Waals surface area contributed by atoms with Gasteiger partial charge in [-0.3, -0.25) is 14.6 Å². The van der Waals surface area contributed by atoms with Gasteiger partial charge < -0.3 is 15.2 Å².